The van der Waals surface area contributed by atoms with Crippen LogP contribution in [0.5, 0.6) is 11.5 Å². The Labute approximate surface area is 164 Å². The van der Waals surface area contributed by atoms with Crippen molar-refractivity contribution in [3.8, 4) is 11.5 Å². The third-order valence-electron chi connectivity index (χ3n) is 6.86. The first-order valence-electron chi connectivity index (χ1n) is 10.4. The highest BCUT2D eigenvalue weighted by Crippen LogP contribution is 2.55. The minimum atomic E-state index is -0.857. The van der Waals surface area contributed by atoms with Gasteiger partial charge in [0.05, 0.1) is 0 Å². The summed E-state index contributed by atoms with van der Waals surface area (Å²) in [4.78, 5) is 25.3. The maximum atomic E-state index is 12.8. The van der Waals surface area contributed by atoms with Crippen LogP contribution in [0.4, 0.5) is 0 Å². The summed E-state index contributed by atoms with van der Waals surface area (Å²) in [6, 6.07) is 7.20. The summed E-state index contributed by atoms with van der Waals surface area (Å²) >= 11 is 0. The van der Waals surface area contributed by atoms with Crippen molar-refractivity contribution in [1.82, 2.24) is 5.32 Å². The molecular weight excluding hydrogens is 358 g/mol. The molecule has 2 atom stereocenters. The second kappa shape index (κ2) is 6.68. The summed E-state index contributed by atoms with van der Waals surface area (Å²) < 4.78 is 16.7. The molecule has 0 unspecified atom stereocenters. The van der Waals surface area contributed by atoms with Gasteiger partial charge in [0, 0.05) is 5.54 Å². The summed E-state index contributed by atoms with van der Waals surface area (Å²) in [5, 5.41) is 3.26. The lowest BCUT2D eigenvalue weighted by Gasteiger charge is -2.57. The number of nitrogens with one attached hydrogen (secondary N) is 1. The zero-order valence-corrected chi connectivity index (χ0v) is 16.2. The lowest BCUT2D eigenvalue weighted by atomic mass is 9.53. The van der Waals surface area contributed by atoms with Gasteiger partial charge in [-0.3, -0.25) is 4.79 Å². The van der Waals surface area contributed by atoms with Gasteiger partial charge in [-0.1, -0.05) is 12.1 Å². The third-order valence-corrected chi connectivity index (χ3v) is 6.86. The van der Waals surface area contributed by atoms with Gasteiger partial charge in [0.1, 0.15) is 6.61 Å². The second-order valence-corrected chi connectivity index (χ2v) is 9.13. The van der Waals surface area contributed by atoms with Crippen LogP contribution in [0, 0.1) is 17.8 Å². The van der Waals surface area contributed by atoms with Crippen LogP contribution in [0.1, 0.15) is 45.4 Å². The van der Waals surface area contributed by atoms with Crippen molar-refractivity contribution in [3.63, 3.8) is 0 Å². The lowest BCUT2D eigenvalue weighted by molar-refractivity contribution is -0.165. The predicted molar refractivity (Wildman–Crippen MR) is 101 cm³/mol. The molecule has 1 N–H and O–H groups in total. The van der Waals surface area contributed by atoms with E-state index in [4.69, 9.17) is 14.2 Å². The van der Waals surface area contributed by atoms with Crippen LogP contribution in [-0.4, -0.2) is 36.2 Å². The van der Waals surface area contributed by atoms with E-state index in [0.29, 0.717) is 11.5 Å². The monoisotopic (exact) mass is 385 g/mol. The summed E-state index contributed by atoms with van der Waals surface area (Å²) in [5.41, 5.74) is -0.0874. The molecule has 150 valence electrons. The van der Waals surface area contributed by atoms with Gasteiger partial charge in [-0.2, -0.15) is 0 Å². The SMILES string of the molecule is C[C@@H](OC(=O)[C@@H]1COc2ccccc2O1)C(=O)NC12CC3CC(CC(C3)C1)C2. The molecule has 0 saturated heterocycles. The van der Waals surface area contributed by atoms with E-state index in [-0.39, 0.29) is 18.1 Å². The highest BCUT2D eigenvalue weighted by atomic mass is 16.6. The fraction of sp³-hybridized carbons (Fsp3) is 0.636. The van der Waals surface area contributed by atoms with Crippen LogP contribution >= 0.6 is 0 Å². The Morgan fingerprint density at radius 1 is 1.07 bits per heavy atom. The highest BCUT2D eigenvalue weighted by molar-refractivity contribution is 5.85. The Balaban J connectivity index is 1.18. The van der Waals surface area contributed by atoms with Crippen molar-refractivity contribution < 1.29 is 23.8 Å². The molecule has 0 radical (unpaired) electrons. The first kappa shape index (κ1) is 17.8. The van der Waals surface area contributed by atoms with Gasteiger partial charge in [-0.05, 0) is 75.3 Å². The largest absolute Gasteiger partial charge is 0.485 e. The first-order valence-corrected chi connectivity index (χ1v) is 10.4. The Bertz CT molecular complexity index is 756. The number of benzene rings is 1. The number of carbonyl (C=O) groups excluding carboxylic acids is 2. The smallest absolute Gasteiger partial charge is 0.351 e. The number of hydrogen-bond donors (Lipinski definition) is 1. The molecule has 1 heterocycles. The average Bonchev–Trinajstić information content (AvgIpc) is 2.66. The molecule has 6 nitrogen and oxygen atoms in total. The van der Waals surface area contributed by atoms with Crippen molar-refractivity contribution >= 4 is 11.9 Å². The van der Waals surface area contributed by atoms with Gasteiger partial charge in [0.25, 0.3) is 5.91 Å². The average molecular weight is 385 g/mol. The summed E-state index contributed by atoms with van der Waals surface area (Å²) in [5.74, 6) is 2.60. The van der Waals surface area contributed by atoms with E-state index >= 15 is 0 Å². The molecule has 4 fully saturated rings. The van der Waals surface area contributed by atoms with E-state index in [2.05, 4.69) is 5.32 Å². The molecular formula is C22H27NO5. The maximum Gasteiger partial charge on any atom is 0.351 e. The number of ether oxygens (including phenoxy) is 3. The zero-order valence-electron chi connectivity index (χ0n) is 16.2. The second-order valence-electron chi connectivity index (χ2n) is 9.13. The van der Waals surface area contributed by atoms with Gasteiger partial charge in [-0.25, -0.2) is 4.79 Å². The van der Waals surface area contributed by atoms with Crippen LogP contribution < -0.4 is 14.8 Å². The van der Waals surface area contributed by atoms with Gasteiger partial charge in [0.2, 0.25) is 6.10 Å². The molecule has 6 rings (SSSR count). The van der Waals surface area contributed by atoms with E-state index in [0.717, 1.165) is 37.0 Å². The predicted octanol–water partition coefficient (Wildman–Crippen LogP) is 2.84. The van der Waals surface area contributed by atoms with Crippen LogP contribution in [0.3, 0.4) is 0 Å². The maximum absolute atomic E-state index is 12.8. The van der Waals surface area contributed by atoms with Crippen LogP contribution in [0.25, 0.3) is 0 Å². The minimum absolute atomic E-state index is 0.0825. The molecule has 4 aliphatic carbocycles. The summed E-state index contributed by atoms with van der Waals surface area (Å²) in [6.07, 6.45) is 5.47. The molecule has 5 aliphatic rings. The fourth-order valence-electron chi connectivity index (χ4n) is 6.07. The highest BCUT2D eigenvalue weighted by Gasteiger charge is 2.52. The molecule has 1 aromatic rings. The number of hydrogen-bond acceptors (Lipinski definition) is 5. The van der Waals surface area contributed by atoms with Crippen LogP contribution in [0.15, 0.2) is 24.3 Å². The van der Waals surface area contributed by atoms with E-state index < -0.39 is 18.2 Å². The molecule has 1 aromatic carbocycles. The zero-order chi connectivity index (χ0) is 19.3. The summed E-state index contributed by atoms with van der Waals surface area (Å²) in [6.45, 7) is 1.71. The quantitative estimate of drug-likeness (QED) is 0.807. The standard InChI is InChI=1S/C22H27NO5/c1-13(27-21(25)19-12-26-17-4-2-3-5-18(17)28-19)20(24)23-22-9-14-6-15(10-22)8-16(7-14)11-22/h2-5,13-16,19H,6-12H2,1H3,(H,23,24)/t13-,14?,15?,16?,19+,22?/m1/s1. The van der Waals surface area contributed by atoms with Crippen molar-refractivity contribution in [3.05, 3.63) is 24.3 Å². The lowest BCUT2D eigenvalue weighted by Crippen LogP contribution is -2.61. The number of amides is 1. The molecule has 4 bridgehead atoms. The van der Waals surface area contributed by atoms with Crippen molar-refractivity contribution in [2.75, 3.05) is 6.61 Å². The van der Waals surface area contributed by atoms with Gasteiger partial charge >= 0.3 is 5.97 Å². The third kappa shape index (κ3) is 3.23. The molecule has 1 amide bonds. The van der Waals surface area contributed by atoms with E-state index in [1.165, 1.54) is 19.3 Å². The number of rotatable bonds is 4. The van der Waals surface area contributed by atoms with E-state index in [9.17, 15) is 9.59 Å². The number of esters is 1. The number of para-hydroxylation sites is 2. The number of carbonyl (C=O) groups is 2. The van der Waals surface area contributed by atoms with Crippen molar-refractivity contribution in [1.29, 1.82) is 0 Å². The van der Waals surface area contributed by atoms with E-state index in [1.54, 1.807) is 19.1 Å². The van der Waals surface area contributed by atoms with E-state index in [1.807, 2.05) is 12.1 Å². The Kier molecular flexibility index (Phi) is 4.25. The molecule has 28 heavy (non-hydrogen) atoms. The molecule has 4 saturated carbocycles. The Morgan fingerprint density at radius 3 is 2.32 bits per heavy atom. The molecule has 0 aromatic heterocycles. The molecule has 1 aliphatic heterocycles. The van der Waals surface area contributed by atoms with Gasteiger partial charge < -0.3 is 19.5 Å². The van der Waals surface area contributed by atoms with Gasteiger partial charge in [0.15, 0.2) is 17.6 Å². The van der Waals surface area contributed by atoms with Crippen molar-refractivity contribution in [2.45, 2.75) is 63.2 Å². The Morgan fingerprint density at radius 2 is 1.68 bits per heavy atom. The van der Waals surface area contributed by atoms with Gasteiger partial charge in [-0.15, -0.1) is 0 Å². The molecule has 6 heteroatoms. The minimum Gasteiger partial charge on any atom is -0.485 e. The Hall–Kier alpha value is -2.24. The number of fused-ring (bicyclic) bond motifs is 1. The van der Waals surface area contributed by atoms with Crippen LogP contribution in [0.2, 0.25) is 0 Å². The summed E-state index contributed by atoms with van der Waals surface area (Å²) in [7, 11) is 0. The normalized spacial score (nSPS) is 35.9. The fourth-order valence-corrected chi connectivity index (χ4v) is 6.07. The first-order chi connectivity index (χ1) is 13.5. The molecule has 0 spiro atoms. The topological polar surface area (TPSA) is 73.9 Å². The van der Waals surface area contributed by atoms with Crippen molar-refractivity contribution in [2.24, 2.45) is 17.8 Å². The van der Waals surface area contributed by atoms with Crippen LogP contribution in [-0.2, 0) is 14.3 Å².